The highest BCUT2D eigenvalue weighted by atomic mass is 35.5. The number of rotatable bonds is 4. The van der Waals surface area contributed by atoms with Crippen molar-refractivity contribution in [2.45, 2.75) is 26.3 Å². The van der Waals surface area contributed by atoms with Crippen molar-refractivity contribution in [2.24, 2.45) is 11.8 Å². The predicted molar refractivity (Wildman–Crippen MR) is 60.9 cm³/mol. The van der Waals surface area contributed by atoms with E-state index in [1.54, 1.807) is 12.1 Å². The molecule has 15 heavy (non-hydrogen) atoms. The lowest BCUT2D eigenvalue weighted by molar-refractivity contribution is 0.437. The number of hydrogen-bond acceptors (Lipinski definition) is 2. The second kappa shape index (κ2) is 5.45. The maximum atomic E-state index is 12.9. The third-order valence-electron chi connectivity index (χ3n) is 2.25. The molecular weight excluding hydrogens is 215 g/mol. The second-order valence-electron chi connectivity index (χ2n) is 4.02. The van der Waals surface area contributed by atoms with E-state index in [2.05, 4.69) is 19.3 Å². The van der Waals surface area contributed by atoms with Gasteiger partial charge in [0.2, 0.25) is 0 Å². The Bertz CT molecular complexity index is 328. The molecule has 2 nitrogen and oxygen atoms in total. The standard InChI is InChI=1S/C11H16ClFN2/c1-7(2)5-11(15-14)8-3-4-10(13)9(12)6-8/h3-4,6-7,11,15H,5,14H2,1-2H3. The van der Waals surface area contributed by atoms with Crippen LogP contribution in [0.3, 0.4) is 0 Å². The van der Waals surface area contributed by atoms with Crippen molar-refractivity contribution in [2.75, 3.05) is 0 Å². The topological polar surface area (TPSA) is 38.0 Å². The molecule has 1 unspecified atom stereocenters. The van der Waals surface area contributed by atoms with Crippen molar-refractivity contribution in [1.82, 2.24) is 5.43 Å². The highest BCUT2D eigenvalue weighted by molar-refractivity contribution is 6.30. The third kappa shape index (κ3) is 3.45. The highest BCUT2D eigenvalue weighted by Crippen LogP contribution is 2.24. The Balaban J connectivity index is 2.87. The molecule has 1 aromatic carbocycles. The first-order valence-corrected chi connectivity index (χ1v) is 5.33. The molecule has 0 aromatic heterocycles. The van der Waals surface area contributed by atoms with Crippen molar-refractivity contribution < 1.29 is 4.39 Å². The number of hydrogen-bond donors (Lipinski definition) is 2. The maximum absolute atomic E-state index is 12.9. The molecule has 0 amide bonds. The molecule has 0 bridgehead atoms. The molecule has 0 aliphatic carbocycles. The number of benzene rings is 1. The van der Waals surface area contributed by atoms with Gasteiger partial charge < -0.3 is 0 Å². The van der Waals surface area contributed by atoms with E-state index in [1.807, 2.05) is 0 Å². The van der Waals surface area contributed by atoms with Gasteiger partial charge in [0.15, 0.2) is 0 Å². The summed E-state index contributed by atoms with van der Waals surface area (Å²) in [7, 11) is 0. The highest BCUT2D eigenvalue weighted by Gasteiger charge is 2.13. The second-order valence-corrected chi connectivity index (χ2v) is 4.43. The van der Waals surface area contributed by atoms with Gasteiger partial charge in [-0.1, -0.05) is 31.5 Å². The van der Waals surface area contributed by atoms with Gasteiger partial charge in [0.1, 0.15) is 5.82 Å². The number of halogens is 2. The summed E-state index contributed by atoms with van der Waals surface area (Å²) >= 11 is 5.71. The summed E-state index contributed by atoms with van der Waals surface area (Å²) < 4.78 is 12.9. The molecule has 84 valence electrons. The van der Waals surface area contributed by atoms with Gasteiger partial charge in [0, 0.05) is 6.04 Å². The molecule has 0 heterocycles. The number of nitrogens with two attached hydrogens (primary N) is 1. The van der Waals surface area contributed by atoms with Crippen LogP contribution >= 0.6 is 11.6 Å². The van der Waals surface area contributed by atoms with Crippen LogP contribution in [0.4, 0.5) is 4.39 Å². The summed E-state index contributed by atoms with van der Waals surface area (Å²) in [4.78, 5) is 0. The zero-order valence-electron chi connectivity index (χ0n) is 8.93. The average molecular weight is 231 g/mol. The summed E-state index contributed by atoms with van der Waals surface area (Å²) in [6.07, 6.45) is 0.887. The van der Waals surface area contributed by atoms with Crippen LogP contribution in [0.5, 0.6) is 0 Å². The van der Waals surface area contributed by atoms with E-state index in [0.717, 1.165) is 12.0 Å². The molecule has 0 aliphatic rings. The van der Waals surface area contributed by atoms with Crippen LogP contribution in [0.2, 0.25) is 5.02 Å². The van der Waals surface area contributed by atoms with Gasteiger partial charge in [0.05, 0.1) is 5.02 Å². The van der Waals surface area contributed by atoms with Crippen LogP contribution < -0.4 is 11.3 Å². The lowest BCUT2D eigenvalue weighted by Gasteiger charge is -2.18. The summed E-state index contributed by atoms with van der Waals surface area (Å²) in [5.74, 6) is 5.56. The lowest BCUT2D eigenvalue weighted by atomic mass is 9.97. The van der Waals surface area contributed by atoms with E-state index < -0.39 is 5.82 Å². The van der Waals surface area contributed by atoms with Crippen LogP contribution in [0.1, 0.15) is 31.9 Å². The van der Waals surface area contributed by atoms with E-state index in [0.29, 0.717) is 5.92 Å². The first kappa shape index (κ1) is 12.4. The molecule has 0 fully saturated rings. The van der Waals surface area contributed by atoms with Gasteiger partial charge >= 0.3 is 0 Å². The van der Waals surface area contributed by atoms with E-state index in [9.17, 15) is 4.39 Å². The maximum Gasteiger partial charge on any atom is 0.141 e. The molecule has 1 atom stereocenters. The zero-order valence-corrected chi connectivity index (χ0v) is 9.68. The van der Waals surface area contributed by atoms with Crippen LogP contribution in [0.15, 0.2) is 18.2 Å². The van der Waals surface area contributed by atoms with Crippen molar-refractivity contribution in [3.63, 3.8) is 0 Å². The van der Waals surface area contributed by atoms with Gasteiger partial charge in [0.25, 0.3) is 0 Å². The fourth-order valence-electron chi connectivity index (χ4n) is 1.50. The smallest absolute Gasteiger partial charge is 0.141 e. The van der Waals surface area contributed by atoms with Crippen LogP contribution in [0, 0.1) is 11.7 Å². The zero-order chi connectivity index (χ0) is 11.4. The Labute approximate surface area is 94.6 Å². The molecular formula is C11H16ClFN2. The Morgan fingerprint density at radius 1 is 1.47 bits per heavy atom. The predicted octanol–water partition coefficient (Wildman–Crippen LogP) is 3.03. The van der Waals surface area contributed by atoms with E-state index in [1.165, 1.54) is 6.07 Å². The van der Waals surface area contributed by atoms with E-state index in [4.69, 9.17) is 17.4 Å². The molecule has 0 saturated heterocycles. The van der Waals surface area contributed by atoms with Gasteiger partial charge in [-0.2, -0.15) is 0 Å². The molecule has 0 aliphatic heterocycles. The molecule has 4 heteroatoms. The van der Waals surface area contributed by atoms with Gasteiger partial charge in [-0.05, 0) is 30.0 Å². The Hall–Kier alpha value is -0.640. The molecule has 0 saturated carbocycles. The lowest BCUT2D eigenvalue weighted by Crippen LogP contribution is -2.29. The largest absolute Gasteiger partial charge is 0.271 e. The van der Waals surface area contributed by atoms with E-state index >= 15 is 0 Å². The number of hydrazine groups is 1. The van der Waals surface area contributed by atoms with Gasteiger partial charge in [-0.25, -0.2) is 4.39 Å². The summed E-state index contributed by atoms with van der Waals surface area (Å²) in [5.41, 5.74) is 3.63. The fourth-order valence-corrected chi connectivity index (χ4v) is 1.69. The number of nitrogens with one attached hydrogen (secondary N) is 1. The normalized spacial score (nSPS) is 13.2. The SMILES string of the molecule is CC(C)CC(NN)c1ccc(F)c(Cl)c1. The molecule has 1 aromatic rings. The summed E-state index contributed by atoms with van der Waals surface area (Å²) in [6, 6.07) is 4.70. The first-order chi connectivity index (χ1) is 7.04. The van der Waals surface area contributed by atoms with Crippen LogP contribution in [-0.2, 0) is 0 Å². The minimum atomic E-state index is -0.402. The van der Waals surface area contributed by atoms with Crippen LogP contribution in [0.25, 0.3) is 0 Å². The van der Waals surface area contributed by atoms with Gasteiger partial charge in [-0.3, -0.25) is 11.3 Å². The summed E-state index contributed by atoms with van der Waals surface area (Å²) in [6.45, 7) is 4.21. The summed E-state index contributed by atoms with van der Waals surface area (Å²) in [5, 5.41) is 0.136. The molecule has 0 spiro atoms. The Kier molecular flexibility index (Phi) is 4.51. The Morgan fingerprint density at radius 2 is 2.13 bits per heavy atom. The fraction of sp³-hybridized carbons (Fsp3) is 0.455. The minimum Gasteiger partial charge on any atom is -0.271 e. The van der Waals surface area contributed by atoms with Crippen LogP contribution in [-0.4, -0.2) is 0 Å². The van der Waals surface area contributed by atoms with Crippen molar-refractivity contribution in [3.8, 4) is 0 Å². The van der Waals surface area contributed by atoms with Gasteiger partial charge in [-0.15, -0.1) is 0 Å². The van der Waals surface area contributed by atoms with Crippen molar-refractivity contribution in [3.05, 3.63) is 34.6 Å². The molecule has 1 rings (SSSR count). The van der Waals surface area contributed by atoms with E-state index in [-0.39, 0.29) is 11.1 Å². The average Bonchev–Trinajstić information content (AvgIpc) is 2.18. The van der Waals surface area contributed by atoms with Crippen molar-refractivity contribution >= 4 is 11.6 Å². The Morgan fingerprint density at radius 3 is 2.60 bits per heavy atom. The minimum absolute atomic E-state index is 0.0168. The third-order valence-corrected chi connectivity index (χ3v) is 2.54. The molecule has 0 radical (unpaired) electrons. The van der Waals surface area contributed by atoms with Crippen molar-refractivity contribution in [1.29, 1.82) is 0 Å². The first-order valence-electron chi connectivity index (χ1n) is 4.95. The molecule has 3 N–H and O–H groups in total. The monoisotopic (exact) mass is 230 g/mol. The quantitative estimate of drug-likeness (QED) is 0.617.